The summed E-state index contributed by atoms with van der Waals surface area (Å²) in [5.41, 5.74) is -0.376. The molecule has 2 rings (SSSR count). The summed E-state index contributed by atoms with van der Waals surface area (Å²) in [7, 11) is 0. The Bertz CT molecular complexity index is 769. The van der Waals surface area contributed by atoms with Crippen LogP contribution in [-0.4, -0.2) is 11.7 Å². The molecule has 2 aromatic rings. The van der Waals surface area contributed by atoms with Crippen LogP contribution < -0.4 is 11.1 Å². The van der Waals surface area contributed by atoms with Gasteiger partial charge in [-0.1, -0.05) is 37.3 Å². The van der Waals surface area contributed by atoms with Crippen molar-refractivity contribution in [1.29, 1.82) is 0 Å². The fraction of sp³-hybridized carbons (Fsp3) is 0.368. The van der Waals surface area contributed by atoms with Crippen LogP contribution in [0.2, 0.25) is 0 Å². The Labute approximate surface area is 158 Å². The monoisotopic (exact) mass is 406 g/mol. The van der Waals surface area contributed by atoms with E-state index in [0.29, 0.717) is 17.7 Å². The van der Waals surface area contributed by atoms with Gasteiger partial charge in [0.2, 0.25) is 0 Å². The first kappa shape index (κ1) is 22.0. The molecule has 0 aromatic heterocycles. The summed E-state index contributed by atoms with van der Waals surface area (Å²) in [5.74, 6) is 0. The lowest BCUT2D eigenvalue weighted by Crippen LogP contribution is -2.34. The molecule has 2 aromatic carbocycles. The minimum Gasteiger partial charge on any atom is -0.383 e. The predicted octanol–water partition coefficient (Wildman–Crippen LogP) is 4.89. The quantitative estimate of drug-likeness (QED) is 0.599. The maximum atomic E-state index is 13.4. The van der Waals surface area contributed by atoms with Crippen LogP contribution in [0.15, 0.2) is 42.5 Å². The van der Waals surface area contributed by atoms with Gasteiger partial charge in [0.15, 0.2) is 0 Å². The van der Waals surface area contributed by atoms with Gasteiger partial charge in [-0.05, 0) is 29.7 Å². The van der Waals surface area contributed by atoms with Gasteiger partial charge in [0.1, 0.15) is 5.60 Å². The molecule has 0 bridgehead atoms. The van der Waals surface area contributed by atoms with Crippen molar-refractivity contribution in [3.05, 3.63) is 64.7 Å². The summed E-state index contributed by atoms with van der Waals surface area (Å²) in [5, 5.41) is 13.0. The molecule has 0 radical (unpaired) electrons. The number of halogens is 6. The molecule has 0 saturated heterocycles. The zero-order valence-corrected chi connectivity index (χ0v) is 15.0. The number of rotatable bonds is 6. The first-order valence-electron chi connectivity index (χ1n) is 8.45. The predicted molar refractivity (Wildman–Crippen MR) is 93.5 cm³/mol. The van der Waals surface area contributed by atoms with E-state index in [9.17, 15) is 31.4 Å². The Kier molecular flexibility index (Phi) is 6.30. The van der Waals surface area contributed by atoms with Crippen LogP contribution in [0.25, 0.3) is 0 Å². The number of benzene rings is 2. The van der Waals surface area contributed by atoms with Gasteiger partial charge in [-0.15, -0.1) is 0 Å². The third-order valence-electron chi connectivity index (χ3n) is 4.50. The molecule has 0 saturated carbocycles. The van der Waals surface area contributed by atoms with E-state index in [-0.39, 0.29) is 12.0 Å². The largest absolute Gasteiger partial charge is 0.418 e. The summed E-state index contributed by atoms with van der Waals surface area (Å²) in [6.45, 7) is 0.568. The van der Waals surface area contributed by atoms with Crippen molar-refractivity contribution in [3.63, 3.8) is 0 Å². The van der Waals surface area contributed by atoms with Gasteiger partial charge in [-0.2, -0.15) is 26.3 Å². The number of alkyl halides is 6. The Morgan fingerprint density at radius 3 is 1.82 bits per heavy atom. The third kappa shape index (κ3) is 4.77. The van der Waals surface area contributed by atoms with Gasteiger partial charge in [-0.25, -0.2) is 0 Å². The van der Waals surface area contributed by atoms with Crippen molar-refractivity contribution < 1.29 is 31.4 Å². The van der Waals surface area contributed by atoms with E-state index < -0.39 is 47.9 Å². The van der Waals surface area contributed by atoms with Gasteiger partial charge >= 0.3 is 12.4 Å². The molecule has 0 aliphatic rings. The summed E-state index contributed by atoms with van der Waals surface area (Å²) >= 11 is 0. The van der Waals surface area contributed by atoms with E-state index in [4.69, 9.17) is 5.73 Å². The van der Waals surface area contributed by atoms with Crippen LogP contribution in [0.3, 0.4) is 0 Å². The average molecular weight is 406 g/mol. The number of aliphatic hydroxyl groups is 1. The van der Waals surface area contributed by atoms with Crippen LogP contribution in [0.4, 0.5) is 32.0 Å². The van der Waals surface area contributed by atoms with E-state index in [0.717, 1.165) is 0 Å². The molecule has 0 spiro atoms. The number of nitrogens with one attached hydrogen (secondary N) is 1. The zero-order valence-electron chi connectivity index (χ0n) is 15.0. The van der Waals surface area contributed by atoms with Gasteiger partial charge < -0.3 is 16.2 Å². The normalized spacial score (nSPS) is 14.6. The van der Waals surface area contributed by atoms with E-state index in [2.05, 4.69) is 5.32 Å². The van der Waals surface area contributed by atoms with Crippen LogP contribution in [0.5, 0.6) is 0 Å². The van der Waals surface area contributed by atoms with Crippen LogP contribution in [0.1, 0.15) is 35.6 Å². The second kappa shape index (κ2) is 8.00. The Balaban J connectivity index is 2.54. The first-order chi connectivity index (χ1) is 12.9. The fourth-order valence-corrected chi connectivity index (χ4v) is 2.87. The summed E-state index contributed by atoms with van der Waals surface area (Å²) in [4.78, 5) is 0. The molecule has 4 N–H and O–H groups in total. The van der Waals surface area contributed by atoms with Crippen molar-refractivity contribution in [1.82, 2.24) is 0 Å². The average Bonchev–Trinajstić information content (AvgIpc) is 2.64. The van der Waals surface area contributed by atoms with E-state index in [1.807, 2.05) is 0 Å². The Hall–Kier alpha value is -2.26. The van der Waals surface area contributed by atoms with Gasteiger partial charge in [0.05, 0.1) is 16.8 Å². The molecule has 1 unspecified atom stereocenters. The second-order valence-corrected chi connectivity index (χ2v) is 6.37. The lowest BCUT2D eigenvalue weighted by Gasteiger charge is -2.30. The molecule has 1 atom stereocenters. The standard InChI is InChI=1S/C19H20F6N2O/c1-2-17(28,13-6-4-3-5-7-13)11-27-16-14(18(20,21)22)8-12(10-26)9-15(16)19(23,24)25/h3-9,27-28H,2,10-11,26H2,1H3. The van der Waals surface area contributed by atoms with E-state index >= 15 is 0 Å². The summed E-state index contributed by atoms with van der Waals surface area (Å²) < 4.78 is 80.7. The third-order valence-corrected chi connectivity index (χ3v) is 4.50. The van der Waals surface area contributed by atoms with Gasteiger partial charge in [0, 0.05) is 13.1 Å². The molecule has 154 valence electrons. The van der Waals surface area contributed by atoms with Crippen molar-refractivity contribution >= 4 is 5.69 Å². The molecular formula is C19H20F6N2O. The highest BCUT2D eigenvalue weighted by molar-refractivity contribution is 5.62. The number of hydrogen-bond donors (Lipinski definition) is 3. The number of hydrogen-bond acceptors (Lipinski definition) is 3. The van der Waals surface area contributed by atoms with Crippen LogP contribution in [0, 0.1) is 0 Å². The maximum Gasteiger partial charge on any atom is 0.418 e. The van der Waals surface area contributed by atoms with Crippen LogP contribution >= 0.6 is 0 Å². The molecule has 0 aliphatic heterocycles. The Morgan fingerprint density at radius 1 is 0.929 bits per heavy atom. The molecule has 0 fully saturated rings. The smallest absolute Gasteiger partial charge is 0.383 e. The topological polar surface area (TPSA) is 58.3 Å². The lowest BCUT2D eigenvalue weighted by molar-refractivity contribution is -0.142. The minimum absolute atomic E-state index is 0.0770. The van der Waals surface area contributed by atoms with Crippen molar-refractivity contribution in [2.45, 2.75) is 37.8 Å². The molecule has 0 amide bonds. The summed E-state index contributed by atoms with van der Waals surface area (Å²) in [6, 6.07) is 9.21. The zero-order chi connectivity index (χ0) is 21.2. The first-order valence-corrected chi connectivity index (χ1v) is 8.45. The van der Waals surface area contributed by atoms with E-state index in [1.54, 1.807) is 37.3 Å². The fourth-order valence-electron chi connectivity index (χ4n) is 2.87. The molecule has 9 heteroatoms. The number of nitrogens with two attached hydrogens (primary N) is 1. The summed E-state index contributed by atoms with van der Waals surface area (Å²) in [6.07, 6.45) is -10.00. The van der Waals surface area contributed by atoms with Crippen molar-refractivity contribution in [2.24, 2.45) is 5.73 Å². The SMILES string of the molecule is CCC(O)(CNc1c(C(F)(F)F)cc(CN)cc1C(F)(F)F)c1ccccc1. The molecule has 0 aliphatic carbocycles. The minimum atomic E-state index is -5.04. The lowest BCUT2D eigenvalue weighted by atomic mass is 9.90. The van der Waals surface area contributed by atoms with Crippen LogP contribution in [-0.2, 0) is 24.5 Å². The van der Waals surface area contributed by atoms with Gasteiger partial charge in [-0.3, -0.25) is 0 Å². The highest BCUT2D eigenvalue weighted by Gasteiger charge is 2.42. The molecule has 3 nitrogen and oxygen atoms in total. The highest BCUT2D eigenvalue weighted by Crippen LogP contribution is 2.44. The van der Waals surface area contributed by atoms with Gasteiger partial charge in [0.25, 0.3) is 0 Å². The second-order valence-electron chi connectivity index (χ2n) is 6.37. The maximum absolute atomic E-state index is 13.4. The van der Waals surface area contributed by atoms with E-state index in [1.165, 1.54) is 0 Å². The molecular weight excluding hydrogens is 386 g/mol. The number of anilines is 1. The van der Waals surface area contributed by atoms with Crippen molar-refractivity contribution in [2.75, 3.05) is 11.9 Å². The highest BCUT2D eigenvalue weighted by atomic mass is 19.4. The molecule has 28 heavy (non-hydrogen) atoms. The Morgan fingerprint density at radius 2 is 1.43 bits per heavy atom. The van der Waals surface area contributed by atoms with Crippen molar-refractivity contribution in [3.8, 4) is 0 Å². The molecule has 0 heterocycles.